The summed E-state index contributed by atoms with van der Waals surface area (Å²) in [7, 11) is 1.78. The SMILES string of the molecule is Cl.Cn1nc(C2CCNCC2)nc1NC(=O)c1cn(Cc2cccs2)nn1. The Morgan fingerprint density at radius 1 is 1.41 bits per heavy atom. The summed E-state index contributed by atoms with van der Waals surface area (Å²) in [6.07, 6.45) is 3.65. The lowest BCUT2D eigenvalue weighted by atomic mass is 9.98. The van der Waals surface area contributed by atoms with Gasteiger partial charge < -0.3 is 5.32 Å². The molecule has 1 aliphatic heterocycles. The molecule has 0 aromatic carbocycles. The number of rotatable bonds is 5. The minimum atomic E-state index is -0.338. The number of halogens is 1. The molecule has 0 atom stereocenters. The van der Waals surface area contributed by atoms with E-state index in [1.807, 2.05) is 17.5 Å². The van der Waals surface area contributed by atoms with Gasteiger partial charge in [0.15, 0.2) is 11.5 Å². The Morgan fingerprint density at radius 3 is 2.96 bits per heavy atom. The molecule has 4 heterocycles. The van der Waals surface area contributed by atoms with Gasteiger partial charge in [-0.1, -0.05) is 11.3 Å². The lowest BCUT2D eigenvalue weighted by molar-refractivity contribution is 0.102. The predicted octanol–water partition coefficient (Wildman–Crippen LogP) is 1.66. The summed E-state index contributed by atoms with van der Waals surface area (Å²) >= 11 is 1.64. The molecule has 3 aromatic heterocycles. The van der Waals surface area contributed by atoms with Gasteiger partial charge in [-0.2, -0.15) is 10.1 Å². The van der Waals surface area contributed by atoms with Crippen LogP contribution < -0.4 is 10.6 Å². The molecule has 0 saturated carbocycles. The maximum Gasteiger partial charge on any atom is 0.280 e. The molecule has 1 aliphatic rings. The zero-order valence-corrected chi connectivity index (χ0v) is 16.5. The zero-order valence-electron chi connectivity index (χ0n) is 14.8. The number of amides is 1. The number of piperidine rings is 1. The van der Waals surface area contributed by atoms with Crippen LogP contribution in [-0.4, -0.2) is 48.8 Å². The number of aryl methyl sites for hydroxylation is 1. The van der Waals surface area contributed by atoms with Crippen LogP contribution in [0, 0.1) is 0 Å². The standard InChI is InChI=1S/C16H20N8OS.ClH/c1-23-16(18-14(21-23)11-4-6-17-7-5-11)19-15(25)13-10-24(22-20-13)9-12-3-2-8-26-12;/h2-3,8,10-11,17H,4-7,9H2,1H3,(H,18,19,21,25);1H. The van der Waals surface area contributed by atoms with Crippen molar-refractivity contribution in [3.63, 3.8) is 0 Å². The van der Waals surface area contributed by atoms with Crippen molar-refractivity contribution in [2.75, 3.05) is 18.4 Å². The van der Waals surface area contributed by atoms with Gasteiger partial charge in [0.1, 0.15) is 0 Å². The molecule has 11 heteroatoms. The van der Waals surface area contributed by atoms with Crippen LogP contribution in [0.3, 0.4) is 0 Å². The molecular formula is C16H21ClN8OS. The van der Waals surface area contributed by atoms with E-state index < -0.39 is 0 Å². The summed E-state index contributed by atoms with van der Waals surface area (Å²) in [6, 6.07) is 4.01. The van der Waals surface area contributed by atoms with Crippen molar-refractivity contribution in [2.24, 2.45) is 7.05 Å². The van der Waals surface area contributed by atoms with Crippen molar-refractivity contribution < 1.29 is 4.79 Å². The van der Waals surface area contributed by atoms with E-state index in [1.165, 1.54) is 0 Å². The first-order valence-corrected chi connectivity index (χ1v) is 9.42. The molecule has 9 nitrogen and oxygen atoms in total. The molecule has 1 amide bonds. The van der Waals surface area contributed by atoms with Crippen molar-refractivity contribution in [1.82, 2.24) is 35.1 Å². The van der Waals surface area contributed by atoms with E-state index >= 15 is 0 Å². The van der Waals surface area contributed by atoms with Crippen molar-refractivity contribution >= 4 is 35.6 Å². The summed E-state index contributed by atoms with van der Waals surface area (Å²) in [5.41, 5.74) is 0.257. The Labute approximate surface area is 166 Å². The average molecular weight is 409 g/mol. The van der Waals surface area contributed by atoms with Crippen molar-refractivity contribution in [3.8, 4) is 0 Å². The summed E-state index contributed by atoms with van der Waals surface area (Å²) in [6.45, 7) is 2.54. The number of aromatic nitrogens is 6. The summed E-state index contributed by atoms with van der Waals surface area (Å²) in [4.78, 5) is 18.1. The van der Waals surface area contributed by atoms with Gasteiger partial charge in [-0.15, -0.1) is 28.8 Å². The fourth-order valence-electron chi connectivity index (χ4n) is 2.97. The second-order valence-electron chi connectivity index (χ2n) is 6.28. The summed E-state index contributed by atoms with van der Waals surface area (Å²) in [5, 5.41) is 20.6. The van der Waals surface area contributed by atoms with Crippen LogP contribution in [0.4, 0.5) is 5.95 Å². The van der Waals surface area contributed by atoms with Gasteiger partial charge in [-0.3, -0.25) is 10.1 Å². The average Bonchev–Trinajstić information content (AvgIpc) is 3.39. The second kappa shape index (κ2) is 8.59. The van der Waals surface area contributed by atoms with Crippen molar-refractivity contribution in [1.29, 1.82) is 0 Å². The number of nitrogens with zero attached hydrogens (tertiary/aromatic N) is 6. The topological polar surface area (TPSA) is 103 Å². The van der Waals surface area contributed by atoms with E-state index in [2.05, 4.69) is 31.0 Å². The van der Waals surface area contributed by atoms with E-state index in [4.69, 9.17) is 0 Å². The van der Waals surface area contributed by atoms with Crippen LogP contribution >= 0.6 is 23.7 Å². The molecule has 0 spiro atoms. The molecule has 144 valence electrons. The summed E-state index contributed by atoms with van der Waals surface area (Å²) < 4.78 is 3.25. The fourth-order valence-corrected chi connectivity index (χ4v) is 3.67. The lowest BCUT2D eigenvalue weighted by Crippen LogP contribution is -2.27. The highest BCUT2D eigenvalue weighted by atomic mass is 35.5. The lowest BCUT2D eigenvalue weighted by Gasteiger charge is -2.19. The van der Waals surface area contributed by atoms with E-state index in [0.29, 0.717) is 18.4 Å². The number of thiophene rings is 1. The molecule has 1 saturated heterocycles. The van der Waals surface area contributed by atoms with Gasteiger partial charge in [0.05, 0.1) is 12.7 Å². The van der Waals surface area contributed by atoms with E-state index in [9.17, 15) is 4.79 Å². The van der Waals surface area contributed by atoms with Crippen LogP contribution in [0.1, 0.15) is 39.9 Å². The number of carbonyl (C=O) groups is 1. The quantitative estimate of drug-likeness (QED) is 0.665. The highest BCUT2D eigenvalue weighted by Crippen LogP contribution is 2.23. The molecule has 27 heavy (non-hydrogen) atoms. The Kier molecular flexibility index (Phi) is 6.19. The van der Waals surface area contributed by atoms with Gasteiger partial charge >= 0.3 is 0 Å². The zero-order chi connectivity index (χ0) is 17.9. The van der Waals surface area contributed by atoms with Crippen molar-refractivity contribution in [2.45, 2.75) is 25.3 Å². The van der Waals surface area contributed by atoms with Gasteiger partial charge in [-0.05, 0) is 37.4 Å². The maximum absolute atomic E-state index is 12.5. The molecule has 0 aliphatic carbocycles. The van der Waals surface area contributed by atoms with Crippen LogP contribution in [0.15, 0.2) is 23.7 Å². The molecule has 1 fully saturated rings. The largest absolute Gasteiger partial charge is 0.317 e. The molecule has 0 bridgehead atoms. The molecule has 0 unspecified atom stereocenters. The van der Waals surface area contributed by atoms with Gasteiger partial charge in [-0.25, -0.2) is 9.36 Å². The normalized spacial score (nSPS) is 14.7. The molecule has 3 aromatic rings. The first-order valence-electron chi connectivity index (χ1n) is 8.54. The Balaban J connectivity index is 0.00000210. The third-order valence-electron chi connectivity index (χ3n) is 4.38. The summed E-state index contributed by atoms with van der Waals surface area (Å²) in [5.74, 6) is 1.21. The Hall–Kier alpha value is -2.30. The minimum Gasteiger partial charge on any atom is -0.317 e. The van der Waals surface area contributed by atoms with Crippen LogP contribution in [0.25, 0.3) is 0 Å². The first kappa shape index (κ1) is 19.5. The molecule has 2 N–H and O–H groups in total. The van der Waals surface area contributed by atoms with E-state index in [-0.39, 0.29) is 24.0 Å². The molecular weight excluding hydrogens is 388 g/mol. The van der Waals surface area contributed by atoms with Gasteiger partial charge in [0.2, 0.25) is 5.95 Å². The first-order chi connectivity index (χ1) is 12.7. The van der Waals surface area contributed by atoms with E-state index in [0.717, 1.165) is 36.6 Å². The fraction of sp³-hybridized carbons (Fsp3) is 0.438. The van der Waals surface area contributed by atoms with Gasteiger partial charge in [0, 0.05) is 17.8 Å². The Morgan fingerprint density at radius 2 is 2.22 bits per heavy atom. The van der Waals surface area contributed by atoms with Gasteiger partial charge in [0.25, 0.3) is 5.91 Å². The van der Waals surface area contributed by atoms with Crippen LogP contribution in [0.5, 0.6) is 0 Å². The van der Waals surface area contributed by atoms with E-state index in [1.54, 1.807) is 33.9 Å². The highest BCUT2D eigenvalue weighted by molar-refractivity contribution is 7.09. The third kappa shape index (κ3) is 4.52. The molecule has 4 rings (SSSR count). The monoisotopic (exact) mass is 408 g/mol. The Bertz CT molecular complexity index is 884. The third-order valence-corrected chi connectivity index (χ3v) is 5.24. The smallest absolute Gasteiger partial charge is 0.280 e. The molecule has 0 radical (unpaired) electrons. The van der Waals surface area contributed by atoms with Crippen LogP contribution in [0.2, 0.25) is 0 Å². The predicted molar refractivity (Wildman–Crippen MR) is 104 cm³/mol. The number of carbonyl (C=O) groups excluding carboxylic acids is 1. The number of hydrogen-bond donors (Lipinski definition) is 2. The minimum absolute atomic E-state index is 0. The maximum atomic E-state index is 12.5. The number of nitrogens with one attached hydrogen (secondary N) is 2. The number of anilines is 1. The van der Waals surface area contributed by atoms with Crippen molar-refractivity contribution in [3.05, 3.63) is 40.1 Å². The number of hydrogen-bond acceptors (Lipinski definition) is 7. The second-order valence-corrected chi connectivity index (χ2v) is 7.31. The van der Waals surface area contributed by atoms with Crippen LogP contribution in [-0.2, 0) is 13.6 Å². The highest BCUT2D eigenvalue weighted by Gasteiger charge is 2.22.